The quantitative estimate of drug-likeness (QED) is 0.695. The summed E-state index contributed by atoms with van der Waals surface area (Å²) in [4.78, 5) is 16.3. The predicted octanol–water partition coefficient (Wildman–Crippen LogP) is -0.330. The Morgan fingerprint density at radius 2 is 2.17 bits per heavy atom. The van der Waals surface area contributed by atoms with E-state index in [1.807, 2.05) is 6.92 Å². The van der Waals surface area contributed by atoms with Crippen LogP contribution >= 0.6 is 0 Å². The summed E-state index contributed by atoms with van der Waals surface area (Å²) in [6, 6.07) is 2.33. The van der Waals surface area contributed by atoms with Crippen molar-refractivity contribution in [3.63, 3.8) is 0 Å². The molecule has 0 aromatic carbocycles. The zero-order chi connectivity index (χ0) is 12.5. The lowest BCUT2D eigenvalue weighted by molar-refractivity contribution is -0.145. The molecule has 5 nitrogen and oxygen atoms in total. The van der Waals surface area contributed by atoms with Crippen LogP contribution in [0.2, 0.25) is 0 Å². The Morgan fingerprint density at radius 3 is 2.67 bits per heavy atom. The van der Waals surface area contributed by atoms with Gasteiger partial charge in [-0.1, -0.05) is 0 Å². The summed E-state index contributed by atoms with van der Waals surface area (Å²) in [6.45, 7) is 7.28. The number of piperazine rings is 1. The molecule has 2 atom stereocenters. The van der Waals surface area contributed by atoms with Crippen molar-refractivity contribution in [1.29, 1.82) is 0 Å². The van der Waals surface area contributed by atoms with E-state index in [0.29, 0.717) is 13.2 Å². The van der Waals surface area contributed by atoms with E-state index in [-0.39, 0.29) is 5.97 Å². The summed E-state index contributed by atoms with van der Waals surface area (Å²) in [5.74, 6) is -0.0804. The zero-order valence-electron chi connectivity index (χ0n) is 11.1. The Kier molecular flexibility index (Phi) is 3.54. The van der Waals surface area contributed by atoms with Gasteiger partial charge in [0.1, 0.15) is 0 Å². The first-order valence-electron chi connectivity index (χ1n) is 7.15. The number of ether oxygens (including phenoxy) is 1. The molecule has 0 aromatic rings. The second kappa shape index (κ2) is 5.15. The number of carbonyl (C=O) groups is 1. The standard InChI is InChI=1S/C13H23N3O2/c1-2-18-13(17)9-15-5-3-10(4-6-15)16-8-11-12(16)7-14-11/h10-12,14H,2-9H2,1H3/t11?,12-/m1/s1. The number of nitrogens with zero attached hydrogens (tertiary/aromatic N) is 2. The SMILES string of the molecule is CCOC(=O)CN1CCC(N2CC3NC[C@H]32)CC1. The number of esters is 1. The van der Waals surface area contributed by atoms with E-state index in [2.05, 4.69) is 15.1 Å². The maximum atomic E-state index is 11.4. The maximum absolute atomic E-state index is 11.4. The minimum atomic E-state index is -0.0804. The van der Waals surface area contributed by atoms with Crippen LogP contribution in [-0.2, 0) is 9.53 Å². The first-order valence-corrected chi connectivity index (χ1v) is 7.15. The van der Waals surface area contributed by atoms with Gasteiger partial charge in [-0.2, -0.15) is 0 Å². The van der Waals surface area contributed by atoms with Crippen LogP contribution in [0.5, 0.6) is 0 Å². The Bertz CT molecular complexity index is 315. The molecule has 0 spiro atoms. The van der Waals surface area contributed by atoms with Crippen LogP contribution in [0, 0.1) is 0 Å². The van der Waals surface area contributed by atoms with Crippen molar-refractivity contribution in [2.75, 3.05) is 39.3 Å². The maximum Gasteiger partial charge on any atom is 0.320 e. The molecule has 3 fully saturated rings. The van der Waals surface area contributed by atoms with Gasteiger partial charge in [0.15, 0.2) is 0 Å². The minimum Gasteiger partial charge on any atom is -0.465 e. The minimum absolute atomic E-state index is 0.0804. The summed E-state index contributed by atoms with van der Waals surface area (Å²) in [5.41, 5.74) is 0. The number of fused-ring (bicyclic) bond motifs is 1. The third-order valence-corrected chi connectivity index (χ3v) is 4.57. The van der Waals surface area contributed by atoms with Crippen molar-refractivity contribution < 1.29 is 9.53 Å². The number of rotatable bonds is 4. The van der Waals surface area contributed by atoms with E-state index in [0.717, 1.165) is 31.2 Å². The van der Waals surface area contributed by atoms with Gasteiger partial charge in [0.2, 0.25) is 0 Å². The number of piperidine rings is 1. The lowest BCUT2D eigenvalue weighted by Crippen LogP contribution is -2.79. The van der Waals surface area contributed by atoms with Crippen LogP contribution in [0.1, 0.15) is 19.8 Å². The Labute approximate surface area is 108 Å². The number of carbonyl (C=O) groups excluding carboxylic acids is 1. The molecular weight excluding hydrogens is 230 g/mol. The van der Waals surface area contributed by atoms with Gasteiger partial charge in [-0.15, -0.1) is 0 Å². The van der Waals surface area contributed by atoms with E-state index in [1.54, 1.807) is 0 Å². The molecule has 1 N–H and O–H groups in total. The highest BCUT2D eigenvalue weighted by atomic mass is 16.5. The van der Waals surface area contributed by atoms with Crippen LogP contribution in [0.15, 0.2) is 0 Å². The van der Waals surface area contributed by atoms with Crippen molar-refractivity contribution in [2.24, 2.45) is 0 Å². The lowest BCUT2D eigenvalue weighted by atomic mass is 9.84. The fourth-order valence-corrected chi connectivity index (χ4v) is 3.37. The molecule has 102 valence electrons. The highest BCUT2D eigenvalue weighted by Gasteiger charge is 2.48. The molecule has 0 aliphatic carbocycles. The summed E-state index contributed by atoms with van der Waals surface area (Å²) < 4.78 is 4.99. The Hall–Kier alpha value is -0.650. The molecule has 3 aliphatic heterocycles. The second-order valence-corrected chi connectivity index (χ2v) is 5.59. The van der Waals surface area contributed by atoms with Gasteiger partial charge >= 0.3 is 5.97 Å². The monoisotopic (exact) mass is 253 g/mol. The summed E-state index contributed by atoms with van der Waals surface area (Å²) in [7, 11) is 0. The molecule has 0 radical (unpaired) electrons. The van der Waals surface area contributed by atoms with E-state index in [9.17, 15) is 4.79 Å². The van der Waals surface area contributed by atoms with Gasteiger partial charge in [-0.05, 0) is 19.8 Å². The molecule has 3 heterocycles. The Balaban J connectivity index is 1.39. The first kappa shape index (κ1) is 12.4. The second-order valence-electron chi connectivity index (χ2n) is 5.59. The molecule has 0 saturated carbocycles. The van der Waals surface area contributed by atoms with Crippen LogP contribution in [0.3, 0.4) is 0 Å². The third kappa shape index (κ3) is 2.27. The van der Waals surface area contributed by atoms with Crippen molar-refractivity contribution in [2.45, 2.75) is 37.9 Å². The highest BCUT2D eigenvalue weighted by molar-refractivity contribution is 5.71. The molecule has 1 unspecified atom stereocenters. The van der Waals surface area contributed by atoms with Crippen molar-refractivity contribution in [3.8, 4) is 0 Å². The average molecular weight is 253 g/mol. The molecule has 3 rings (SSSR count). The molecular formula is C13H23N3O2. The number of likely N-dealkylation sites (tertiary alicyclic amines) is 2. The topological polar surface area (TPSA) is 44.8 Å². The van der Waals surface area contributed by atoms with E-state index < -0.39 is 0 Å². The van der Waals surface area contributed by atoms with Crippen LogP contribution < -0.4 is 5.32 Å². The number of nitrogens with one attached hydrogen (secondary N) is 1. The van der Waals surface area contributed by atoms with Gasteiger partial charge < -0.3 is 10.1 Å². The molecule has 3 saturated heterocycles. The molecule has 3 aliphatic rings. The summed E-state index contributed by atoms with van der Waals surface area (Å²) in [6.07, 6.45) is 2.39. The Morgan fingerprint density at radius 1 is 1.39 bits per heavy atom. The van der Waals surface area contributed by atoms with Crippen molar-refractivity contribution in [3.05, 3.63) is 0 Å². The van der Waals surface area contributed by atoms with Crippen molar-refractivity contribution >= 4 is 5.97 Å². The predicted molar refractivity (Wildman–Crippen MR) is 68.4 cm³/mol. The fourth-order valence-electron chi connectivity index (χ4n) is 3.37. The van der Waals surface area contributed by atoms with Crippen LogP contribution in [-0.4, -0.2) is 73.2 Å². The van der Waals surface area contributed by atoms with Gasteiger partial charge in [0, 0.05) is 44.3 Å². The summed E-state index contributed by atoms with van der Waals surface area (Å²) >= 11 is 0. The van der Waals surface area contributed by atoms with Gasteiger partial charge in [0.25, 0.3) is 0 Å². The number of hydrogen-bond acceptors (Lipinski definition) is 5. The normalized spacial score (nSPS) is 33.4. The first-order chi connectivity index (χ1) is 8.78. The third-order valence-electron chi connectivity index (χ3n) is 4.57. The number of hydrogen-bond donors (Lipinski definition) is 1. The van der Waals surface area contributed by atoms with E-state index in [4.69, 9.17) is 4.74 Å². The molecule has 0 bridgehead atoms. The van der Waals surface area contributed by atoms with Crippen LogP contribution in [0.4, 0.5) is 0 Å². The van der Waals surface area contributed by atoms with Gasteiger partial charge in [0.05, 0.1) is 13.2 Å². The molecule has 0 amide bonds. The highest BCUT2D eigenvalue weighted by Crippen LogP contribution is 2.30. The van der Waals surface area contributed by atoms with Gasteiger partial charge in [-0.3, -0.25) is 14.6 Å². The van der Waals surface area contributed by atoms with Gasteiger partial charge in [-0.25, -0.2) is 0 Å². The summed E-state index contributed by atoms with van der Waals surface area (Å²) in [5, 5.41) is 3.45. The lowest BCUT2D eigenvalue weighted by Gasteiger charge is -2.60. The fraction of sp³-hybridized carbons (Fsp3) is 0.923. The smallest absolute Gasteiger partial charge is 0.320 e. The van der Waals surface area contributed by atoms with Crippen molar-refractivity contribution in [1.82, 2.24) is 15.1 Å². The molecule has 5 heteroatoms. The van der Waals surface area contributed by atoms with Crippen LogP contribution in [0.25, 0.3) is 0 Å². The zero-order valence-corrected chi connectivity index (χ0v) is 11.1. The molecule has 0 aromatic heterocycles. The van der Waals surface area contributed by atoms with E-state index >= 15 is 0 Å². The molecule has 18 heavy (non-hydrogen) atoms. The largest absolute Gasteiger partial charge is 0.465 e. The van der Waals surface area contributed by atoms with E-state index in [1.165, 1.54) is 25.9 Å². The average Bonchev–Trinajstić information content (AvgIpc) is 2.34.